The number of carbonyl (C=O) groups excluding carboxylic acids is 1. The van der Waals surface area contributed by atoms with Gasteiger partial charge in [-0.2, -0.15) is 4.52 Å². The van der Waals surface area contributed by atoms with Gasteiger partial charge in [-0.25, -0.2) is 0 Å². The average molecular weight is 360 g/mol. The second-order valence-corrected chi connectivity index (χ2v) is 6.88. The van der Waals surface area contributed by atoms with Crippen molar-refractivity contribution in [1.82, 2.24) is 19.8 Å². The summed E-state index contributed by atoms with van der Waals surface area (Å²) in [6, 6.07) is 4.94. The van der Waals surface area contributed by atoms with E-state index in [9.17, 15) is 4.79 Å². The van der Waals surface area contributed by atoms with Crippen LogP contribution in [0.5, 0.6) is 0 Å². The van der Waals surface area contributed by atoms with Crippen LogP contribution in [0.15, 0.2) is 28.9 Å². The Balaban J connectivity index is 1.58. The first kappa shape index (κ1) is 14.6. The van der Waals surface area contributed by atoms with Gasteiger partial charge < -0.3 is 5.32 Å². The molecule has 0 radical (unpaired) electrons. The van der Waals surface area contributed by atoms with Crippen LogP contribution in [0.4, 0.5) is 5.69 Å². The van der Waals surface area contributed by atoms with Gasteiger partial charge in [-0.05, 0) is 18.2 Å². The Morgan fingerprint density at radius 2 is 2.24 bits per heavy atom. The first-order valence-electron chi connectivity index (χ1n) is 5.66. The Bertz CT molecular complexity index is 774. The van der Waals surface area contributed by atoms with Crippen LogP contribution in [0, 0.1) is 0 Å². The van der Waals surface area contributed by atoms with E-state index in [-0.39, 0.29) is 11.7 Å². The molecule has 0 unspecified atom stereocenters. The maximum atomic E-state index is 11.9. The Morgan fingerprint density at radius 3 is 3.00 bits per heavy atom. The van der Waals surface area contributed by atoms with Gasteiger partial charge in [0, 0.05) is 5.69 Å². The van der Waals surface area contributed by atoms with E-state index in [0.717, 1.165) is 4.34 Å². The van der Waals surface area contributed by atoms with E-state index < -0.39 is 0 Å². The maximum Gasteiger partial charge on any atom is 0.235 e. The molecule has 3 aromatic rings. The summed E-state index contributed by atoms with van der Waals surface area (Å²) in [5, 5.41) is 15.4. The third-order valence-corrected chi connectivity index (χ3v) is 5.18. The summed E-state index contributed by atoms with van der Waals surface area (Å²) in [5.41, 5.74) is 0.605. The van der Waals surface area contributed by atoms with Gasteiger partial charge in [-0.15, -0.1) is 15.3 Å². The number of anilines is 1. The Labute approximate surface area is 137 Å². The van der Waals surface area contributed by atoms with Crippen LogP contribution in [0.2, 0.25) is 10.0 Å². The summed E-state index contributed by atoms with van der Waals surface area (Å²) in [4.78, 5) is 12.6. The number of benzene rings is 1. The smallest absolute Gasteiger partial charge is 0.235 e. The van der Waals surface area contributed by atoms with Gasteiger partial charge in [0.15, 0.2) is 4.34 Å². The van der Waals surface area contributed by atoms with Crippen LogP contribution in [0.3, 0.4) is 0 Å². The van der Waals surface area contributed by atoms with E-state index >= 15 is 0 Å². The minimum atomic E-state index is -0.149. The van der Waals surface area contributed by atoms with E-state index in [1.54, 1.807) is 22.7 Å². The monoisotopic (exact) mass is 359 g/mol. The molecule has 0 atom stereocenters. The van der Waals surface area contributed by atoms with Crippen LogP contribution in [0.1, 0.15) is 0 Å². The molecule has 21 heavy (non-hydrogen) atoms. The lowest BCUT2D eigenvalue weighted by Gasteiger charge is -2.05. The van der Waals surface area contributed by atoms with Gasteiger partial charge in [0.1, 0.15) is 6.33 Å². The molecule has 1 amide bonds. The Kier molecular flexibility index (Phi) is 4.29. The molecule has 0 saturated carbocycles. The highest BCUT2D eigenvalue weighted by atomic mass is 35.5. The summed E-state index contributed by atoms with van der Waals surface area (Å²) in [7, 11) is 0. The molecule has 0 aliphatic rings. The van der Waals surface area contributed by atoms with Gasteiger partial charge in [0.25, 0.3) is 0 Å². The molecule has 2 heterocycles. The zero-order chi connectivity index (χ0) is 14.8. The number of nitrogens with zero attached hydrogens (tertiary/aromatic N) is 4. The molecule has 0 fully saturated rings. The number of hydrogen-bond acceptors (Lipinski definition) is 6. The number of fused-ring (bicyclic) bond motifs is 1. The van der Waals surface area contributed by atoms with E-state index in [4.69, 9.17) is 23.2 Å². The average Bonchev–Trinajstić information content (AvgIpc) is 3.01. The molecule has 0 spiro atoms. The van der Waals surface area contributed by atoms with Crippen molar-refractivity contribution in [2.24, 2.45) is 0 Å². The highest BCUT2D eigenvalue weighted by Gasteiger charge is 2.09. The molecule has 3 rings (SSSR count). The van der Waals surface area contributed by atoms with E-state index in [0.29, 0.717) is 20.7 Å². The lowest BCUT2D eigenvalue weighted by Crippen LogP contribution is -2.13. The largest absolute Gasteiger partial charge is 0.325 e. The molecule has 0 bridgehead atoms. The van der Waals surface area contributed by atoms with Crippen LogP contribution < -0.4 is 5.32 Å². The molecular formula is C11H7Cl2N5OS2. The Hall–Kier alpha value is -1.35. The summed E-state index contributed by atoms with van der Waals surface area (Å²) in [6.07, 6.45) is 1.52. The number of nitrogens with one attached hydrogen (secondary N) is 1. The van der Waals surface area contributed by atoms with Gasteiger partial charge in [-0.3, -0.25) is 4.79 Å². The third kappa shape index (κ3) is 3.46. The molecule has 108 valence electrons. The lowest BCUT2D eigenvalue weighted by molar-refractivity contribution is -0.113. The van der Waals surface area contributed by atoms with E-state index in [1.165, 1.54) is 29.4 Å². The molecule has 1 aromatic carbocycles. The quantitative estimate of drug-likeness (QED) is 0.724. The first-order valence-corrected chi connectivity index (χ1v) is 8.22. The molecule has 1 N–H and O–H groups in total. The van der Waals surface area contributed by atoms with Crippen LogP contribution in [-0.4, -0.2) is 31.5 Å². The van der Waals surface area contributed by atoms with Crippen molar-refractivity contribution in [3.63, 3.8) is 0 Å². The highest BCUT2D eigenvalue weighted by molar-refractivity contribution is 8.01. The minimum absolute atomic E-state index is 0.149. The topological polar surface area (TPSA) is 72.2 Å². The number of hydrogen-bond donors (Lipinski definition) is 1. The van der Waals surface area contributed by atoms with Crippen molar-refractivity contribution in [1.29, 1.82) is 0 Å². The second-order valence-electron chi connectivity index (χ2n) is 3.89. The zero-order valence-electron chi connectivity index (χ0n) is 10.3. The number of aromatic nitrogens is 4. The van der Waals surface area contributed by atoms with Gasteiger partial charge in [0.2, 0.25) is 10.9 Å². The number of halogens is 2. The van der Waals surface area contributed by atoms with Crippen molar-refractivity contribution in [3.05, 3.63) is 34.6 Å². The predicted molar refractivity (Wildman–Crippen MR) is 84.5 cm³/mol. The normalized spacial score (nSPS) is 11.0. The molecule has 6 nitrogen and oxygen atoms in total. The van der Waals surface area contributed by atoms with Gasteiger partial charge >= 0.3 is 0 Å². The van der Waals surface area contributed by atoms with E-state index in [2.05, 4.69) is 20.6 Å². The fourth-order valence-electron chi connectivity index (χ4n) is 1.50. The highest BCUT2D eigenvalue weighted by Crippen LogP contribution is 2.26. The van der Waals surface area contributed by atoms with Gasteiger partial charge in [0.05, 0.1) is 15.8 Å². The number of thioether (sulfide) groups is 1. The summed E-state index contributed by atoms with van der Waals surface area (Å²) < 4.78 is 2.33. The fourth-order valence-corrected chi connectivity index (χ4v) is 3.46. The molecule has 2 aromatic heterocycles. The molecular weight excluding hydrogens is 353 g/mol. The van der Waals surface area contributed by atoms with Crippen LogP contribution >= 0.6 is 46.3 Å². The van der Waals surface area contributed by atoms with E-state index in [1.807, 2.05) is 0 Å². The Morgan fingerprint density at radius 1 is 1.38 bits per heavy atom. The fraction of sp³-hybridized carbons (Fsp3) is 0.0909. The van der Waals surface area contributed by atoms with Crippen molar-refractivity contribution in [3.8, 4) is 0 Å². The van der Waals surface area contributed by atoms with Crippen molar-refractivity contribution in [2.75, 3.05) is 11.1 Å². The molecule has 10 heteroatoms. The second kappa shape index (κ2) is 6.18. The molecule has 0 saturated heterocycles. The van der Waals surface area contributed by atoms with Crippen molar-refractivity contribution in [2.45, 2.75) is 4.34 Å². The lowest BCUT2D eigenvalue weighted by atomic mass is 10.3. The number of rotatable bonds is 4. The number of amides is 1. The van der Waals surface area contributed by atoms with Crippen molar-refractivity contribution >= 4 is 62.9 Å². The SMILES string of the molecule is O=C(CSc1nn2cnnc2s1)Nc1ccc(Cl)c(Cl)c1. The predicted octanol–water partition coefficient (Wildman–Crippen LogP) is 3.22. The van der Waals surface area contributed by atoms with Crippen LogP contribution in [-0.2, 0) is 4.79 Å². The first-order chi connectivity index (χ1) is 10.1. The molecule has 0 aliphatic heterocycles. The summed E-state index contributed by atoms with van der Waals surface area (Å²) in [5.74, 6) is 0.0917. The zero-order valence-corrected chi connectivity index (χ0v) is 13.4. The number of carbonyl (C=O) groups is 1. The summed E-state index contributed by atoms with van der Waals surface area (Å²) in [6.45, 7) is 0. The summed E-state index contributed by atoms with van der Waals surface area (Å²) >= 11 is 14.4. The van der Waals surface area contributed by atoms with Crippen LogP contribution in [0.25, 0.3) is 4.96 Å². The maximum absolute atomic E-state index is 11.9. The van der Waals surface area contributed by atoms with Gasteiger partial charge in [-0.1, -0.05) is 46.3 Å². The molecule has 0 aliphatic carbocycles. The van der Waals surface area contributed by atoms with Crippen molar-refractivity contribution < 1.29 is 4.79 Å². The minimum Gasteiger partial charge on any atom is -0.325 e. The standard InChI is InChI=1S/C11H7Cl2N5OS2/c12-7-2-1-6(3-8(7)13)15-9(19)4-20-11-17-18-5-14-16-10(18)21-11/h1-3,5H,4H2,(H,15,19). The third-order valence-electron chi connectivity index (χ3n) is 2.40.